The molecule has 0 amide bonds. The Morgan fingerprint density at radius 3 is 2.35 bits per heavy atom. The fraction of sp³-hybridized carbons (Fsp3) is 0.579. The van der Waals surface area contributed by atoms with Crippen molar-refractivity contribution in [2.24, 2.45) is 5.16 Å². The molecule has 7 heteroatoms. The molecule has 3 rings (SSSR count). The Labute approximate surface area is 155 Å². The lowest BCUT2D eigenvalue weighted by Crippen LogP contribution is -2.41. The molecule has 6 nitrogen and oxygen atoms in total. The van der Waals surface area contributed by atoms with Crippen molar-refractivity contribution < 1.29 is 23.7 Å². The number of esters is 1. The summed E-state index contributed by atoms with van der Waals surface area (Å²) in [4.78, 5) is 17.3. The number of ether oxygens (including phenoxy) is 1. The van der Waals surface area contributed by atoms with Gasteiger partial charge in [0.15, 0.2) is 0 Å². The Balaban J connectivity index is 1.88. The first kappa shape index (κ1) is 18.9. The Morgan fingerprint density at radius 2 is 1.77 bits per heavy atom. The fourth-order valence-electron chi connectivity index (χ4n) is 3.06. The molecule has 0 radical (unpaired) electrons. The van der Waals surface area contributed by atoms with E-state index in [0.717, 1.165) is 16.6 Å². The number of hydrogen-bond donors (Lipinski definition) is 0. The summed E-state index contributed by atoms with van der Waals surface area (Å²) < 4.78 is 17.2. The van der Waals surface area contributed by atoms with Gasteiger partial charge < -0.3 is 18.9 Å². The third kappa shape index (κ3) is 3.03. The van der Waals surface area contributed by atoms with Crippen LogP contribution in [0.5, 0.6) is 0 Å². The van der Waals surface area contributed by atoms with E-state index in [0.29, 0.717) is 12.1 Å². The summed E-state index contributed by atoms with van der Waals surface area (Å²) in [6.45, 7) is 11.8. The minimum absolute atomic E-state index is 0.353. The van der Waals surface area contributed by atoms with E-state index in [4.69, 9.17) is 18.9 Å². The largest absolute Gasteiger partial charge is 0.495 e. The maximum absolute atomic E-state index is 11.9. The molecular formula is C19H26BNO5. The molecule has 1 fully saturated rings. The summed E-state index contributed by atoms with van der Waals surface area (Å²) in [7, 11) is 0.895. The number of nitrogens with zero attached hydrogens (tertiary/aromatic N) is 1. The standard InChI is InChI=1S/C19H26BNO5/c1-12-8-9-13(15-11-19(6,26-21-15)16(22)23-7)10-14(12)20-24-17(2,3)18(4,5)25-20/h8-10H,11H2,1-7H3. The number of carbonyl (C=O) groups excluding carboxylic acids is 1. The van der Waals surface area contributed by atoms with E-state index >= 15 is 0 Å². The van der Waals surface area contributed by atoms with Gasteiger partial charge in [-0.05, 0) is 52.6 Å². The van der Waals surface area contributed by atoms with Crippen molar-refractivity contribution >= 4 is 24.3 Å². The molecule has 1 saturated heterocycles. The summed E-state index contributed by atoms with van der Waals surface area (Å²) >= 11 is 0. The molecular weight excluding hydrogens is 333 g/mol. The van der Waals surface area contributed by atoms with Crippen LogP contribution in [0.1, 0.15) is 52.2 Å². The first-order valence-electron chi connectivity index (χ1n) is 8.79. The van der Waals surface area contributed by atoms with Gasteiger partial charge in [0.1, 0.15) is 0 Å². The number of rotatable bonds is 3. The van der Waals surface area contributed by atoms with Crippen LogP contribution in [-0.2, 0) is 23.7 Å². The molecule has 1 unspecified atom stereocenters. The van der Waals surface area contributed by atoms with Gasteiger partial charge in [-0.25, -0.2) is 4.79 Å². The van der Waals surface area contributed by atoms with Gasteiger partial charge in [-0.15, -0.1) is 0 Å². The van der Waals surface area contributed by atoms with Gasteiger partial charge >= 0.3 is 13.1 Å². The van der Waals surface area contributed by atoms with Gasteiger partial charge in [0.25, 0.3) is 0 Å². The Hall–Kier alpha value is -1.86. The lowest BCUT2D eigenvalue weighted by Gasteiger charge is -2.32. The van der Waals surface area contributed by atoms with Gasteiger partial charge in [-0.1, -0.05) is 28.9 Å². The Kier molecular flexibility index (Phi) is 4.44. The number of aryl methyl sites for hydroxylation is 1. The number of methoxy groups -OCH3 is 1. The second-order valence-electron chi connectivity index (χ2n) is 8.19. The highest BCUT2D eigenvalue weighted by molar-refractivity contribution is 6.62. The summed E-state index contributed by atoms with van der Waals surface area (Å²) in [6.07, 6.45) is 0.353. The normalized spacial score (nSPS) is 26.4. The van der Waals surface area contributed by atoms with Gasteiger partial charge in [0, 0.05) is 6.42 Å². The van der Waals surface area contributed by atoms with E-state index in [1.54, 1.807) is 6.92 Å². The zero-order valence-electron chi connectivity index (χ0n) is 16.5. The van der Waals surface area contributed by atoms with E-state index in [9.17, 15) is 4.79 Å². The van der Waals surface area contributed by atoms with E-state index in [1.165, 1.54) is 7.11 Å². The second-order valence-corrected chi connectivity index (χ2v) is 8.19. The molecule has 1 aromatic carbocycles. The number of hydrogen-bond acceptors (Lipinski definition) is 6. The zero-order chi connectivity index (χ0) is 19.3. The SMILES string of the molecule is COC(=O)C1(C)CC(c2ccc(C)c(B3OC(C)(C)C(C)(C)O3)c2)=NO1. The molecule has 1 aromatic rings. The first-order chi connectivity index (χ1) is 12.0. The van der Waals surface area contributed by atoms with Gasteiger partial charge in [-0.2, -0.15) is 0 Å². The smallest absolute Gasteiger partial charge is 0.466 e. The minimum Gasteiger partial charge on any atom is -0.466 e. The molecule has 0 spiro atoms. The third-order valence-corrected chi connectivity index (χ3v) is 5.60. The lowest BCUT2D eigenvalue weighted by molar-refractivity contribution is -0.164. The van der Waals surface area contributed by atoms with Crippen molar-refractivity contribution in [3.63, 3.8) is 0 Å². The van der Waals surface area contributed by atoms with Crippen LogP contribution >= 0.6 is 0 Å². The summed E-state index contributed by atoms with van der Waals surface area (Å²) in [5.74, 6) is -0.436. The van der Waals surface area contributed by atoms with Crippen LogP contribution in [0.2, 0.25) is 0 Å². The van der Waals surface area contributed by atoms with Crippen molar-refractivity contribution in [3.8, 4) is 0 Å². The van der Waals surface area contributed by atoms with Crippen LogP contribution in [-0.4, -0.2) is 42.7 Å². The molecule has 0 saturated carbocycles. The summed E-state index contributed by atoms with van der Waals surface area (Å²) in [5, 5.41) is 4.12. The Morgan fingerprint density at radius 1 is 1.15 bits per heavy atom. The van der Waals surface area contributed by atoms with E-state index in [1.807, 2.05) is 52.8 Å². The molecule has 2 aliphatic rings. The molecule has 1 atom stereocenters. The van der Waals surface area contributed by atoms with Crippen molar-refractivity contribution in [2.75, 3.05) is 7.11 Å². The number of benzene rings is 1. The highest BCUT2D eigenvalue weighted by Gasteiger charge is 2.52. The fourth-order valence-corrected chi connectivity index (χ4v) is 3.06. The van der Waals surface area contributed by atoms with E-state index < -0.39 is 29.9 Å². The van der Waals surface area contributed by atoms with Crippen molar-refractivity contribution in [1.29, 1.82) is 0 Å². The predicted octanol–water partition coefficient (Wildman–Crippen LogP) is 2.35. The van der Waals surface area contributed by atoms with Crippen molar-refractivity contribution in [1.82, 2.24) is 0 Å². The molecule has 140 valence electrons. The van der Waals surface area contributed by atoms with Crippen LogP contribution in [0.25, 0.3) is 0 Å². The molecule has 26 heavy (non-hydrogen) atoms. The second kappa shape index (κ2) is 6.10. The molecule has 0 aromatic heterocycles. The molecule has 0 aliphatic carbocycles. The average Bonchev–Trinajstić information content (AvgIpc) is 3.05. The van der Waals surface area contributed by atoms with Crippen LogP contribution < -0.4 is 5.46 Å². The highest BCUT2D eigenvalue weighted by atomic mass is 16.7. The van der Waals surface area contributed by atoms with Crippen LogP contribution in [0, 0.1) is 6.92 Å². The number of carbonyl (C=O) groups is 1. The van der Waals surface area contributed by atoms with Crippen LogP contribution in [0.4, 0.5) is 0 Å². The van der Waals surface area contributed by atoms with E-state index in [2.05, 4.69) is 5.16 Å². The van der Waals surface area contributed by atoms with Crippen LogP contribution in [0.15, 0.2) is 23.4 Å². The topological polar surface area (TPSA) is 66.4 Å². The van der Waals surface area contributed by atoms with Gasteiger partial charge in [0.05, 0.1) is 24.0 Å². The predicted molar refractivity (Wildman–Crippen MR) is 99.6 cm³/mol. The minimum atomic E-state index is -1.08. The lowest BCUT2D eigenvalue weighted by atomic mass is 9.75. The first-order valence-corrected chi connectivity index (χ1v) is 8.79. The quantitative estimate of drug-likeness (QED) is 0.612. The van der Waals surface area contributed by atoms with Crippen molar-refractivity contribution in [3.05, 3.63) is 29.3 Å². The van der Waals surface area contributed by atoms with E-state index in [-0.39, 0.29) is 0 Å². The average molecular weight is 359 g/mol. The Bertz CT molecular complexity index is 757. The highest BCUT2D eigenvalue weighted by Crippen LogP contribution is 2.37. The van der Waals surface area contributed by atoms with Crippen molar-refractivity contribution in [2.45, 2.75) is 64.8 Å². The maximum atomic E-state index is 11.9. The molecule has 2 aliphatic heterocycles. The van der Waals surface area contributed by atoms with Crippen LogP contribution in [0.3, 0.4) is 0 Å². The summed E-state index contributed by atoms with van der Waals surface area (Å²) in [6, 6.07) is 5.98. The molecule has 2 heterocycles. The van der Waals surface area contributed by atoms with Gasteiger partial charge in [-0.3, -0.25) is 0 Å². The van der Waals surface area contributed by atoms with Gasteiger partial charge in [0.2, 0.25) is 5.60 Å². The molecule has 0 bridgehead atoms. The summed E-state index contributed by atoms with van der Waals surface area (Å²) in [5.41, 5.74) is 1.72. The third-order valence-electron chi connectivity index (χ3n) is 5.60. The molecule has 0 N–H and O–H groups in total. The zero-order valence-corrected chi connectivity index (χ0v) is 16.5. The number of oxime groups is 1. The monoisotopic (exact) mass is 359 g/mol. The maximum Gasteiger partial charge on any atom is 0.495 e.